The maximum Gasteiger partial charge on any atom is 0.152 e. The molecule has 0 radical (unpaired) electrons. The number of Topliss-reactive ketones (excluding diaryl/α,β-unsaturated/α-hetero) is 1. The molecule has 0 N–H and O–H groups in total. The van der Waals surface area contributed by atoms with Gasteiger partial charge < -0.3 is 4.90 Å². The molecular formula is C24H28N4O. The molecule has 1 aliphatic heterocycles. The van der Waals surface area contributed by atoms with Gasteiger partial charge in [0.1, 0.15) is 5.69 Å². The number of benzene rings is 2. The van der Waals surface area contributed by atoms with E-state index in [0.717, 1.165) is 28.2 Å². The average Bonchev–Trinajstić information content (AvgIpc) is 3.11. The molecule has 3 aromatic rings. The highest BCUT2D eigenvalue weighted by Gasteiger charge is 2.27. The molecule has 0 unspecified atom stereocenters. The van der Waals surface area contributed by atoms with Crippen LogP contribution in [-0.4, -0.2) is 27.3 Å². The van der Waals surface area contributed by atoms with Gasteiger partial charge in [0.05, 0.1) is 12.2 Å². The zero-order chi connectivity index (χ0) is 20.5. The van der Waals surface area contributed by atoms with Crippen LogP contribution >= 0.6 is 0 Å². The second kappa shape index (κ2) is 7.82. The van der Waals surface area contributed by atoms with Crippen LogP contribution in [0.4, 0.5) is 5.69 Å². The molecule has 4 rings (SSSR count). The normalized spacial score (nSPS) is 13.0. The zero-order valence-corrected chi connectivity index (χ0v) is 17.6. The number of hydrogen-bond donors (Lipinski definition) is 0. The lowest BCUT2D eigenvalue weighted by Gasteiger charge is -2.30. The molecule has 0 amide bonds. The summed E-state index contributed by atoms with van der Waals surface area (Å²) in [4.78, 5) is 14.9. The van der Waals surface area contributed by atoms with Crippen molar-refractivity contribution in [3.63, 3.8) is 0 Å². The fourth-order valence-corrected chi connectivity index (χ4v) is 4.09. The van der Waals surface area contributed by atoms with E-state index in [1.807, 2.05) is 16.8 Å². The topological polar surface area (TPSA) is 51.0 Å². The summed E-state index contributed by atoms with van der Waals surface area (Å²) in [6, 6.07) is 16.8. The number of nitrogens with zero attached hydrogens (tertiary/aromatic N) is 4. The van der Waals surface area contributed by atoms with Crippen molar-refractivity contribution in [1.29, 1.82) is 0 Å². The molecule has 5 heteroatoms. The van der Waals surface area contributed by atoms with Gasteiger partial charge in [-0.3, -0.25) is 4.79 Å². The SMILES string of the molecule is CC(C)CC(=O)CN1Cc2ccccc2-c2c(nnn2C(C)C)-c2ccccc21. The van der Waals surface area contributed by atoms with Crippen molar-refractivity contribution in [3.05, 3.63) is 54.1 Å². The van der Waals surface area contributed by atoms with Crippen LogP contribution in [0.15, 0.2) is 48.5 Å². The van der Waals surface area contributed by atoms with E-state index in [2.05, 4.69) is 79.3 Å². The number of para-hydroxylation sites is 1. The highest BCUT2D eigenvalue weighted by molar-refractivity contribution is 5.91. The molecule has 1 aliphatic rings. The van der Waals surface area contributed by atoms with E-state index >= 15 is 0 Å². The highest BCUT2D eigenvalue weighted by Crippen LogP contribution is 2.41. The fourth-order valence-electron chi connectivity index (χ4n) is 4.09. The number of carbonyl (C=O) groups excluding carboxylic acids is 1. The van der Waals surface area contributed by atoms with Crippen molar-refractivity contribution in [3.8, 4) is 22.5 Å². The third-order valence-corrected chi connectivity index (χ3v) is 5.32. The Balaban J connectivity index is 1.91. The van der Waals surface area contributed by atoms with Crippen LogP contribution < -0.4 is 4.90 Å². The minimum absolute atomic E-state index is 0.203. The molecular weight excluding hydrogens is 360 g/mol. The number of hydrogen-bond acceptors (Lipinski definition) is 4. The summed E-state index contributed by atoms with van der Waals surface area (Å²) in [6.07, 6.45) is 0.592. The molecule has 0 aliphatic carbocycles. The Hall–Kier alpha value is -2.95. The van der Waals surface area contributed by atoms with Crippen LogP contribution in [0.2, 0.25) is 0 Å². The van der Waals surface area contributed by atoms with Gasteiger partial charge in [0.15, 0.2) is 5.78 Å². The Morgan fingerprint density at radius 1 is 1.00 bits per heavy atom. The minimum atomic E-state index is 0.203. The number of anilines is 1. The summed E-state index contributed by atoms with van der Waals surface area (Å²) >= 11 is 0. The van der Waals surface area contributed by atoms with E-state index in [9.17, 15) is 4.79 Å². The molecule has 2 heterocycles. The van der Waals surface area contributed by atoms with Gasteiger partial charge in [-0.25, -0.2) is 4.68 Å². The van der Waals surface area contributed by atoms with Gasteiger partial charge >= 0.3 is 0 Å². The van der Waals surface area contributed by atoms with Crippen molar-refractivity contribution in [2.45, 2.75) is 46.7 Å². The Kier molecular flexibility index (Phi) is 5.22. The number of fused-ring (bicyclic) bond motifs is 5. The first kappa shape index (κ1) is 19.4. The molecule has 29 heavy (non-hydrogen) atoms. The smallest absolute Gasteiger partial charge is 0.152 e. The fraction of sp³-hybridized carbons (Fsp3) is 0.375. The lowest BCUT2D eigenvalue weighted by atomic mass is 9.95. The van der Waals surface area contributed by atoms with E-state index in [1.54, 1.807) is 0 Å². The van der Waals surface area contributed by atoms with Crippen molar-refractivity contribution < 1.29 is 4.79 Å². The second-order valence-corrected chi connectivity index (χ2v) is 8.49. The average molecular weight is 389 g/mol. The van der Waals surface area contributed by atoms with E-state index in [4.69, 9.17) is 0 Å². The number of rotatable bonds is 5. The van der Waals surface area contributed by atoms with Crippen LogP contribution in [0.3, 0.4) is 0 Å². The van der Waals surface area contributed by atoms with E-state index in [-0.39, 0.29) is 11.8 Å². The van der Waals surface area contributed by atoms with Gasteiger partial charge in [-0.1, -0.05) is 61.5 Å². The van der Waals surface area contributed by atoms with Crippen LogP contribution in [0.5, 0.6) is 0 Å². The lowest BCUT2D eigenvalue weighted by molar-refractivity contribution is -0.118. The molecule has 1 aromatic heterocycles. The first-order chi connectivity index (χ1) is 14.0. The van der Waals surface area contributed by atoms with Crippen molar-refractivity contribution in [2.75, 3.05) is 11.4 Å². The summed E-state index contributed by atoms with van der Waals surface area (Å²) in [6.45, 7) is 9.51. The standard InChI is InChI=1S/C24H28N4O/c1-16(2)13-19(29)15-27-14-18-9-5-6-10-20(18)24-23(25-26-28(24)17(3)4)21-11-7-8-12-22(21)27/h5-12,16-17H,13-15H2,1-4H3. The third-order valence-electron chi connectivity index (χ3n) is 5.32. The van der Waals surface area contributed by atoms with Gasteiger partial charge in [-0.05, 0) is 31.4 Å². The predicted octanol–water partition coefficient (Wildman–Crippen LogP) is 5.13. The van der Waals surface area contributed by atoms with Crippen molar-refractivity contribution in [2.24, 2.45) is 5.92 Å². The molecule has 150 valence electrons. The molecule has 0 fully saturated rings. The van der Waals surface area contributed by atoms with Gasteiger partial charge in [0.2, 0.25) is 0 Å². The van der Waals surface area contributed by atoms with Crippen LogP contribution in [0.1, 0.15) is 45.7 Å². The van der Waals surface area contributed by atoms with Crippen LogP contribution in [-0.2, 0) is 11.3 Å². The molecule has 0 saturated carbocycles. The minimum Gasteiger partial charge on any atom is -0.359 e. The first-order valence-electron chi connectivity index (χ1n) is 10.3. The van der Waals surface area contributed by atoms with Gasteiger partial charge in [0.25, 0.3) is 0 Å². The maximum atomic E-state index is 12.7. The predicted molar refractivity (Wildman–Crippen MR) is 117 cm³/mol. The summed E-state index contributed by atoms with van der Waals surface area (Å²) in [5, 5.41) is 9.07. The Labute approximate surface area is 172 Å². The van der Waals surface area contributed by atoms with Crippen molar-refractivity contribution in [1.82, 2.24) is 15.0 Å². The highest BCUT2D eigenvalue weighted by atomic mass is 16.1. The van der Waals surface area contributed by atoms with Gasteiger partial charge in [-0.2, -0.15) is 0 Å². The summed E-state index contributed by atoms with van der Waals surface area (Å²) in [5.74, 6) is 0.622. The largest absolute Gasteiger partial charge is 0.359 e. The zero-order valence-electron chi connectivity index (χ0n) is 17.6. The first-order valence-corrected chi connectivity index (χ1v) is 10.3. The van der Waals surface area contributed by atoms with Crippen molar-refractivity contribution >= 4 is 11.5 Å². The summed E-state index contributed by atoms with van der Waals surface area (Å²) in [5.41, 5.74) is 6.32. The van der Waals surface area contributed by atoms with Gasteiger partial charge in [0, 0.05) is 35.8 Å². The quantitative estimate of drug-likeness (QED) is 0.608. The Morgan fingerprint density at radius 2 is 1.69 bits per heavy atom. The molecule has 2 aromatic carbocycles. The summed E-state index contributed by atoms with van der Waals surface area (Å²) < 4.78 is 2.00. The Morgan fingerprint density at radius 3 is 2.41 bits per heavy atom. The number of carbonyl (C=O) groups is 1. The molecule has 0 atom stereocenters. The van der Waals surface area contributed by atoms with Crippen LogP contribution in [0.25, 0.3) is 22.5 Å². The molecule has 0 spiro atoms. The number of aromatic nitrogens is 3. The van der Waals surface area contributed by atoms with E-state index in [1.165, 1.54) is 5.56 Å². The maximum absolute atomic E-state index is 12.7. The van der Waals surface area contributed by atoms with E-state index < -0.39 is 0 Å². The number of ketones is 1. The monoisotopic (exact) mass is 388 g/mol. The molecule has 5 nitrogen and oxygen atoms in total. The van der Waals surface area contributed by atoms with Gasteiger partial charge in [-0.15, -0.1) is 5.10 Å². The third kappa shape index (κ3) is 3.69. The lowest BCUT2D eigenvalue weighted by Crippen LogP contribution is -2.31. The van der Waals surface area contributed by atoms with Crippen LogP contribution in [0, 0.1) is 5.92 Å². The summed E-state index contributed by atoms with van der Waals surface area (Å²) in [7, 11) is 0. The second-order valence-electron chi connectivity index (χ2n) is 8.49. The Bertz CT molecular complexity index is 1030. The molecule has 0 bridgehead atoms. The van der Waals surface area contributed by atoms with E-state index in [0.29, 0.717) is 25.4 Å². The molecule has 0 saturated heterocycles.